The zero-order chi connectivity index (χ0) is 13.3. The number of hydrogen-bond donors (Lipinski definition) is 2. The molecule has 2 rings (SSSR count). The lowest BCUT2D eigenvalue weighted by atomic mass is 9.91. The number of hydrogen-bond acceptors (Lipinski definition) is 2. The molecule has 2 aliphatic rings. The molecule has 0 aliphatic heterocycles. The molecule has 0 spiro atoms. The lowest BCUT2D eigenvalue weighted by molar-refractivity contribution is -0.146. The number of carboxylic acid groups (broad SMARTS) is 1. The van der Waals surface area contributed by atoms with Gasteiger partial charge < -0.3 is 10.4 Å². The van der Waals surface area contributed by atoms with Crippen molar-refractivity contribution in [3.8, 4) is 0 Å². The van der Waals surface area contributed by atoms with Crippen molar-refractivity contribution in [2.75, 3.05) is 6.54 Å². The fourth-order valence-electron chi connectivity index (χ4n) is 3.08. The molecule has 0 bridgehead atoms. The Morgan fingerprint density at radius 2 is 1.89 bits per heavy atom. The van der Waals surface area contributed by atoms with E-state index in [1.165, 1.54) is 12.8 Å². The average Bonchev–Trinajstić information content (AvgIpc) is 2.94. The van der Waals surface area contributed by atoms with Gasteiger partial charge in [0.25, 0.3) is 0 Å². The van der Waals surface area contributed by atoms with E-state index in [9.17, 15) is 9.59 Å². The number of carbonyl (C=O) groups is 2. The Morgan fingerprint density at radius 1 is 1.28 bits per heavy atom. The molecule has 2 aliphatic carbocycles. The van der Waals surface area contributed by atoms with E-state index in [-0.39, 0.29) is 17.2 Å². The van der Waals surface area contributed by atoms with Crippen LogP contribution in [-0.4, -0.2) is 23.5 Å². The molecular weight excluding hydrogens is 230 g/mol. The number of amides is 1. The van der Waals surface area contributed by atoms with Gasteiger partial charge in [-0.25, -0.2) is 0 Å². The first-order valence-electron chi connectivity index (χ1n) is 6.97. The van der Waals surface area contributed by atoms with Crippen molar-refractivity contribution in [2.45, 2.75) is 46.0 Å². The van der Waals surface area contributed by atoms with Crippen molar-refractivity contribution < 1.29 is 14.7 Å². The summed E-state index contributed by atoms with van der Waals surface area (Å²) in [5.41, 5.74) is 0.285. The molecule has 2 atom stereocenters. The van der Waals surface area contributed by atoms with Crippen molar-refractivity contribution in [3.63, 3.8) is 0 Å². The Labute approximate surface area is 108 Å². The van der Waals surface area contributed by atoms with Gasteiger partial charge in [-0.15, -0.1) is 0 Å². The van der Waals surface area contributed by atoms with Gasteiger partial charge in [-0.2, -0.15) is 0 Å². The van der Waals surface area contributed by atoms with Crippen LogP contribution in [0.25, 0.3) is 0 Å². The molecule has 0 aromatic rings. The highest BCUT2D eigenvalue weighted by Gasteiger charge is 2.46. The third kappa shape index (κ3) is 2.52. The second-order valence-electron chi connectivity index (χ2n) is 6.22. The normalized spacial score (nSPS) is 29.3. The van der Waals surface area contributed by atoms with Crippen LogP contribution in [0.15, 0.2) is 0 Å². The third-order valence-corrected chi connectivity index (χ3v) is 4.90. The molecule has 0 unspecified atom stereocenters. The van der Waals surface area contributed by atoms with Crippen LogP contribution < -0.4 is 5.32 Å². The summed E-state index contributed by atoms with van der Waals surface area (Å²) in [6.07, 6.45) is 4.57. The van der Waals surface area contributed by atoms with Gasteiger partial charge in [-0.1, -0.05) is 20.3 Å². The van der Waals surface area contributed by atoms with Crippen molar-refractivity contribution in [2.24, 2.45) is 23.2 Å². The summed E-state index contributed by atoms with van der Waals surface area (Å²) in [7, 11) is 0. The second-order valence-corrected chi connectivity index (χ2v) is 6.22. The number of aliphatic carboxylic acids is 1. The summed E-state index contributed by atoms with van der Waals surface area (Å²) in [5, 5.41) is 12.1. The number of rotatable bonds is 5. The van der Waals surface area contributed by atoms with Gasteiger partial charge in [0.15, 0.2) is 0 Å². The monoisotopic (exact) mass is 253 g/mol. The second kappa shape index (κ2) is 4.90. The SMILES string of the molecule is CC(C)C1(CNC(=O)[C@@H]2CCC[C@@H]2C(=O)O)CC1. The van der Waals surface area contributed by atoms with Crippen LogP contribution >= 0.6 is 0 Å². The van der Waals surface area contributed by atoms with E-state index in [1.54, 1.807) is 0 Å². The zero-order valence-corrected chi connectivity index (χ0v) is 11.2. The highest BCUT2D eigenvalue weighted by Crippen LogP contribution is 2.51. The molecule has 0 radical (unpaired) electrons. The molecule has 0 heterocycles. The lowest BCUT2D eigenvalue weighted by Crippen LogP contribution is -2.39. The van der Waals surface area contributed by atoms with Crippen molar-refractivity contribution in [1.29, 1.82) is 0 Å². The van der Waals surface area contributed by atoms with Gasteiger partial charge >= 0.3 is 5.97 Å². The summed E-state index contributed by atoms with van der Waals surface area (Å²) < 4.78 is 0. The summed E-state index contributed by atoms with van der Waals surface area (Å²) in [6, 6.07) is 0. The van der Waals surface area contributed by atoms with Crippen LogP contribution in [0.5, 0.6) is 0 Å². The Hall–Kier alpha value is -1.06. The Kier molecular flexibility index (Phi) is 3.64. The highest BCUT2D eigenvalue weighted by atomic mass is 16.4. The van der Waals surface area contributed by atoms with Gasteiger partial charge in [-0.3, -0.25) is 9.59 Å². The Bertz CT molecular complexity index is 347. The maximum Gasteiger partial charge on any atom is 0.307 e. The molecule has 0 aromatic carbocycles. The van der Waals surface area contributed by atoms with Gasteiger partial charge in [-0.05, 0) is 37.0 Å². The van der Waals surface area contributed by atoms with Crippen LogP contribution in [0, 0.1) is 23.2 Å². The van der Waals surface area contributed by atoms with Gasteiger partial charge in [0.2, 0.25) is 5.91 Å². The highest BCUT2D eigenvalue weighted by molar-refractivity contribution is 5.85. The van der Waals surface area contributed by atoms with E-state index in [0.29, 0.717) is 18.9 Å². The van der Waals surface area contributed by atoms with Crippen molar-refractivity contribution in [1.82, 2.24) is 5.32 Å². The minimum absolute atomic E-state index is 0.0492. The summed E-state index contributed by atoms with van der Waals surface area (Å²) in [4.78, 5) is 23.1. The maximum absolute atomic E-state index is 12.1. The summed E-state index contributed by atoms with van der Waals surface area (Å²) >= 11 is 0. The number of carbonyl (C=O) groups excluding carboxylic acids is 1. The minimum Gasteiger partial charge on any atom is -0.481 e. The topological polar surface area (TPSA) is 66.4 Å². The maximum atomic E-state index is 12.1. The molecule has 102 valence electrons. The molecule has 2 saturated carbocycles. The molecule has 4 heteroatoms. The van der Waals surface area contributed by atoms with E-state index in [0.717, 1.165) is 12.8 Å². The van der Waals surface area contributed by atoms with E-state index in [4.69, 9.17) is 5.11 Å². The van der Waals surface area contributed by atoms with Crippen molar-refractivity contribution >= 4 is 11.9 Å². The smallest absolute Gasteiger partial charge is 0.307 e. The quantitative estimate of drug-likeness (QED) is 0.788. The first-order valence-corrected chi connectivity index (χ1v) is 6.97. The molecule has 2 N–H and O–H groups in total. The molecule has 2 fully saturated rings. The van der Waals surface area contributed by atoms with Crippen LogP contribution in [0.4, 0.5) is 0 Å². The standard InChI is InChI=1S/C14H23NO3/c1-9(2)14(6-7-14)8-15-12(16)10-4-3-5-11(10)13(17)18/h9-11H,3-8H2,1-2H3,(H,15,16)(H,17,18)/t10-,11+/m1/s1. The first-order chi connectivity index (χ1) is 8.46. The molecule has 18 heavy (non-hydrogen) atoms. The fourth-order valence-corrected chi connectivity index (χ4v) is 3.08. The number of nitrogens with one attached hydrogen (secondary N) is 1. The van der Waals surface area contributed by atoms with E-state index in [1.807, 2.05) is 0 Å². The first kappa shape index (κ1) is 13.4. The Morgan fingerprint density at radius 3 is 2.39 bits per heavy atom. The molecule has 1 amide bonds. The van der Waals surface area contributed by atoms with E-state index < -0.39 is 11.9 Å². The predicted octanol–water partition coefficient (Wildman–Crippen LogP) is 2.04. The molecule has 0 aromatic heterocycles. The summed E-state index contributed by atoms with van der Waals surface area (Å²) in [6.45, 7) is 5.09. The Balaban J connectivity index is 1.87. The molecule has 4 nitrogen and oxygen atoms in total. The van der Waals surface area contributed by atoms with Gasteiger partial charge in [0.1, 0.15) is 0 Å². The van der Waals surface area contributed by atoms with E-state index >= 15 is 0 Å². The van der Waals surface area contributed by atoms with Crippen LogP contribution in [0.3, 0.4) is 0 Å². The van der Waals surface area contributed by atoms with Gasteiger partial charge in [0.05, 0.1) is 11.8 Å². The number of carboxylic acids is 1. The summed E-state index contributed by atoms with van der Waals surface area (Å²) in [5.74, 6) is -1.08. The molecule has 0 saturated heterocycles. The average molecular weight is 253 g/mol. The van der Waals surface area contributed by atoms with Crippen LogP contribution in [-0.2, 0) is 9.59 Å². The molecular formula is C14H23NO3. The van der Waals surface area contributed by atoms with Crippen molar-refractivity contribution in [3.05, 3.63) is 0 Å². The third-order valence-electron chi connectivity index (χ3n) is 4.90. The zero-order valence-electron chi connectivity index (χ0n) is 11.2. The van der Waals surface area contributed by atoms with Crippen LogP contribution in [0.2, 0.25) is 0 Å². The lowest BCUT2D eigenvalue weighted by Gasteiger charge is -2.22. The van der Waals surface area contributed by atoms with E-state index in [2.05, 4.69) is 19.2 Å². The van der Waals surface area contributed by atoms with Crippen LogP contribution in [0.1, 0.15) is 46.0 Å². The van der Waals surface area contributed by atoms with Gasteiger partial charge in [0, 0.05) is 6.54 Å². The largest absolute Gasteiger partial charge is 0.481 e. The predicted molar refractivity (Wildman–Crippen MR) is 68.0 cm³/mol. The fraction of sp³-hybridized carbons (Fsp3) is 0.857. The minimum atomic E-state index is -0.822.